The van der Waals surface area contributed by atoms with E-state index >= 15 is 0 Å². The van der Waals surface area contributed by atoms with Gasteiger partial charge in [-0.15, -0.1) is 0 Å². The largest absolute Gasteiger partial charge is 0.366 e. The molecule has 0 heterocycles. The Balaban J connectivity index is 2.25. The Kier molecular flexibility index (Phi) is 4.66. The second-order valence-corrected chi connectivity index (χ2v) is 4.65. The predicted octanol–water partition coefficient (Wildman–Crippen LogP) is 2.06. The Morgan fingerprint density at radius 1 is 1.13 bits per heavy atom. The lowest BCUT2D eigenvalue weighted by Gasteiger charge is -2.13. The number of benzene rings is 2. The van der Waals surface area contributed by atoms with E-state index in [1.165, 1.54) is 24.3 Å². The maximum absolute atomic E-state index is 13.7. The fourth-order valence-corrected chi connectivity index (χ4v) is 1.94. The van der Waals surface area contributed by atoms with Crippen LogP contribution in [0.15, 0.2) is 42.5 Å². The highest BCUT2D eigenvalue weighted by molar-refractivity contribution is 5.99. The van der Waals surface area contributed by atoms with Gasteiger partial charge in [-0.05, 0) is 24.3 Å². The number of hydrogen-bond donors (Lipinski definition) is 2. The molecule has 116 valence electrons. The van der Waals surface area contributed by atoms with Gasteiger partial charge in [0.2, 0.25) is 5.91 Å². The summed E-state index contributed by atoms with van der Waals surface area (Å²) in [4.78, 5) is 23.2. The molecule has 2 rings (SSSR count). The molecule has 2 aromatic rings. The van der Waals surface area contributed by atoms with Crippen LogP contribution in [-0.4, -0.2) is 11.8 Å². The lowest BCUT2D eigenvalue weighted by atomic mass is 10.1. The van der Waals surface area contributed by atoms with E-state index < -0.39 is 29.5 Å². The van der Waals surface area contributed by atoms with Crippen LogP contribution in [0, 0.1) is 23.0 Å². The van der Waals surface area contributed by atoms with Crippen molar-refractivity contribution in [2.45, 2.75) is 6.04 Å². The van der Waals surface area contributed by atoms with Gasteiger partial charge in [0, 0.05) is 22.8 Å². The summed E-state index contributed by atoms with van der Waals surface area (Å²) in [6.45, 7) is 0. The highest BCUT2D eigenvalue weighted by Gasteiger charge is 2.19. The van der Waals surface area contributed by atoms with Crippen molar-refractivity contribution in [1.82, 2.24) is 5.32 Å². The van der Waals surface area contributed by atoms with Crippen molar-refractivity contribution in [3.63, 3.8) is 0 Å². The third kappa shape index (κ3) is 3.68. The first-order valence-electron chi connectivity index (χ1n) is 6.47. The number of primary amides is 1. The van der Waals surface area contributed by atoms with Crippen molar-refractivity contribution in [2.75, 3.05) is 0 Å². The molecule has 2 aromatic carbocycles. The minimum Gasteiger partial charge on any atom is -0.366 e. The summed E-state index contributed by atoms with van der Waals surface area (Å²) >= 11 is 0. The average molecular weight is 315 g/mol. The summed E-state index contributed by atoms with van der Waals surface area (Å²) in [6.07, 6.45) is 0. The topological polar surface area (TPSA) is 96.0 Å². The van der Waals surface area contributed by atoms with E-state index in [0.29, 0.717) is 6.07 Å². The highest BCUT2D eigenvalue weighted by Crippen LogP contribution is 2.18. The fourth-order valence-electron chi connectivity index (χ4n) is 1.94. The number of hydrogen-bond acceptors (Lipinski definition) is 3. The summed E-state index contributed by atoms with van der Waals surface area (Å²) in [5, 5.41) is 11.4. The van der Waals surface area contributed by atoms with Gasteiger partial charge in [0.15, 0.2) is 0 Å². The fraction of sp³-hybridized carbons (Fsp3) is 0.0625. The highest BCUT2D eigenvalue weighted by atomic mass is 19.1. The van der Waals surface area contributed by atoms with Crippen LogP contribution in [0.2, 0.25) is 0 Å². The van der Waals surface area contributed by atoms with Crippen LogP contribution in [0.4, 0.5) is 8.78 Å². The monoisotopic (exact) mass is 315 g/mol. The van der Waals surface area contributed by atoms with Crippen LogP contribution in [0.3, 0.4) is 0 Å². The molecule has 1 unspecified atom stereocenters. The molecule has 5 nitrogen and oxygen atoms in total. The van der Waals surface area contributed by atoms with E-state index in [2.05, 4.69) is 5.32 Å². The Bertz CT molecular complexity index is 815. The molecule has 0 aliphatic heterocycles. The molecule has 0 radical (unpaired) electrons. The number of halogens is 2. The van der Waals surface area contributed by atoms with Crippen molar-refractivity contribution in [3.8, 4) is 6.07 Å². The van der Waals surface area contributed by atoms with Gasteiger partial charge in [-0.3, -0.25) is 9.59 Å². The standard InChI is InChI=1S/C16H11F2N3O2/c17-11-4-5-12(13(18)7-11)14(8-19)21-16(23)10-3-1-2-9(6-10)15(20)22/h1-7,14H,(H2,20,22)(H,21,23). The zero-order chi connectivity index (χ0) is 17.0. The first-order valence-corrected chi connectivity index (χ1v) is 6.47. The Hall–Kier alpha value is -3.27. The second kappa shape index (κ2) is 6.66. The summed E-state index contributed by atoms with van der Waals surface area (Å²) < 4.78 is 26.6. The molecule has 7 heteroatoms. The SMILES string of the molecule is N#CC(NC(=O)c1cccc(C(N)=O)c1)c1ccc(F)cc1F. The Labute approximate surface area is 130 Å². The van der Waals surface area contributed by atoms with E-state index in [-0.39, 0.29) is 16.7 Å². The Morgan fingerprint density at radius 2 is 1.83 bits per heavy atom. The molecule has 0 saturated heterocycles. The normalized spacial score (nSPS) is 11.3. The van der Waals surface area contributed by atoms with Gasteiger partial charge >= 0.3 is 0 Å². The van der Waals surface area contributed by atoms with E-state index in [1.54, 1.807) is 6.07 Å². The zero-order valence-corrected chi connectivity index (χ0v) is 11.7. The van der Waals surface area contributed by atoms with Crippen LogP contribution in [0.5, 0.6) is 0 Å². The summed E-state index contributed by atoms with van der Waals surface area (Å²) in [5.41, 5.74) is 5.18. The molecule has 23 heavy (non-hydrogen) atoms. The number of nitrogens with two attached hydrogens (primary N) is 1. The summed E-state index contributed by atoms with van der Waals surface area (Å²) in [6, 6.07) is 8.68. The number of carbonyl (C=O) groups excluding carboxylic acids is 2. The van der Waals surface area contributed by atoms with Crippen LogP contribution in [-0.2, 0) is 0 Å². The first kappa shape index (κ1) is 16.1. The lowest BCUT2D eigenvalue weighted by molar-refractivity contribution is 0.0944. The minimum absolute atomic E-state index is 0.0871. The molecule has 0 aromatic heterocycles. The number of amides is 2. The van der Waals surface area contributed by atoms with Gasteiger partial charge in [-0.25, -0.2) is 8.78 Å². The molecular formula is C16H11F2N3O2. The number of nitrogens with one attached hydrogen (secondary N) is 1. The van der Waals surface area contributed by atoms with Crippen LogP contribution in [0.25, 0.3) is 0 Å². The van der Waals surface area contributed by atoms with E-state index in [0.717, 1.165) is 12.1 Å². The maximum Gasteiger partial charge on any atom is 0.252 e. The zero-order valence-electron chi connectivity index (χ0n) is 11.7. The smallest absolute Gasteiger partial charge is 0.252 e. The van der Waals surface area contributed by atoms with Gasteiger partial charge in [-0.1, -0.05) is 12.1 Å². The van der Waals surface area contributed by atoms with E-state index in [4.69, 9.17) is 11.0 Å². The van der Waals surface area contributed by atoms with Gasteiger partial charge in [0.05, 0.1) is 6.07 Å². The third-order valence-corrected chi connectivity index (χ3v) is 3.09. The average Bonchev–Trinajstić information content (AvgIpc) is 2.53. The van der Waals surface area contributed by atoms with Crippen LogP contribution in [0.1, 0.15) is 32.3 Å². The quantitative estimate of drug-likeness (QED) is 0.904. The van der Waals surface area contributed by atoms with Crippen molar-refractivity contribution in [2.24, 2.45) is 5.73 Å². The molecule has 2 amide bonds. The van der Waals surface area contributed by atoms with Crippen molar-refractivity contribution in [1.29, 1.82) is 5.26 Å². The van der Waals surface area contributed by atoms with Crippen LogP contribution >= 0.6 is 0 Å². The molecule has 0 fully saturated rings. The molecule has 1 atom stereocenters. The minimum atomic E-state index is -1.31. The maximum atomic E-state index is 13.7. The number of rotatable bonds is 4. The molecule has 0 saturated carbocycles. The van der Waals surface area contributed by atoms with Gasteiger partial charge in [0.1, 0.15) is 17.7 Å². The number of nitriles is 1. The third-order valence-electron chi connectivity index (χ3n) is 3.09. The van der Waals surface area contributed by atoms with Crippen molar-refractivity contribution < 1.29 is 18.4 Å². The number of nitrogens with zero attached hydrogens (tertiary/aromatic N) is 1. The van der Waals surface area contributed by atoms with Crippen LogP contribution < -0.4 is 11.1 Å². The molecule has 0 spiro atoms. The first-order chi connectivity index (χ1) is 10.9. The Morgan fingerprint density at radius 3 is 2.43 bits per heavy atom. The number of carbonyl (C=O) groups is 2. The molecule has 0 aliphatic carbocycles. The summed E-state index contributed by atoms with van der Waals surface area (Å²) in [7, 11) is 0. The van der Waals surface area contributed by atoms with E-state index in [9.17, 15) is 18.4 Å². The molecular weight excluding hydrogens is 304 g/mol. The molecule has 0 bridgehead atoms. The van der Waals surface area contributed by atoms with Crippen molar-refractivity contribution >= 4 is 11.8 Å². The van der Waals surface area contributed by atoms with Gasteiger partial charge in [0.25, 0.3) is 5.91 Å². The second-order valence-electron chi connectivity index (χ2n) is 4.65. The van der Waals surface area contributed by atoms with E-state index in [1.807, 2.05) is 0 Å². The molecule has 3 N–H and O–H groups in total. The van der Waals surface area contributed by atoms with Gasteiger partial charge < -0.3 is 11.1 Å². The predicted molar refractivity (Wildman–Crippen MR) is 77.1 cm³/mol. The summed E-state index contributed by atoms with van der Waals surface area (Å²) in [5.74, 6) is -3.13. The molecule has 0 aliphatic rings. The van der Waals surface area contributed by atoms with Gasteiger partial charge in [-0.2, -0.15) is 5.26 Å². The van der Waals surface area contributed by atoms with Crippen molar-refractivity contribution in [3.05, 3.63) is 70.8 Å². The lowest BCUT2D eigenvalue weighted by Crippen LogP contribution is -2.28.